The zero-order valence-electron chi connectivity index (χ0n) is 14.3. The summed E-state index contributed by atoms with van der Waals surface area (Å²) < 4.78 is 23.3. The smallest absolute Gasteiger partial charge is 0.293 e. The summed E-state index contributed by atoms with van der Waals surface area (Å²) >= 11 is 0. The standard InChI is InChI=1S/C18H20N2O5S/c1-26(24,25)14-8-9-16(17(11-14)20(22)23)19-12-18(21)10-4-6-13-5-2-3-7-15(13)18/h2-3,5,7-9,11,19,21H,4,6,10,12H2,1H3. The van der Waals surface area contributed by atoms with Crippen LogP contribution in [0.5, 0.6) is 0 Å². The maximum Gasteiger partial charge on any atom is 0.293 e. The summed E-state index contributed by atoms with van der Waals surface area (Å²) in [5.74, 6) is 0. The van der Waals surface area contributed by atoms with Crippen LogP contribution in [0.2, 0.25) is 0 Å². The highest BCUT2D eigenvalue weighted by atomic mass is 32.2. The van der Waals surface area contributed by atoms with Crippen LogP contribution in [0.3, 0.4) is 0 Å². The quantitative estimate of drug-likeness (QED) is 0.613. The lowest BCUT2D eigenvalue weighted by atomic mass is 9.79. The van der Waals surface area contributed by atoms with Crippen molar-refractivity contribution in [2.24, 2.45) is 0 Å². The second-order valence-electron chi connectivity index (χ2n) is 6.60. The van der Waals surface area contributed by atoms with Gasteiger partial charge in [-0.25, -0.2) is 8.42 Å². The first-order chi connectivity index (χ1) is 12.2. The van der Waals surface area contributed by atoms with Gasteiger partial charge in [-0.2, -0.15) is 0 Å². The predicted octanol–water partition coefficient (Wildman–Crippen LogP) is 2.63. The Bertz CT molecular complexity index is 958. The molecule has 0 saturated carbocycles. The van der Waals surface area contributed by atoms with E-state index in [4.69, 9.17) is 0 Å². The predicted molar refractivity (Wildman–Crippen MR) is 98.0 cm³/mol. The lowest BCUT2D eigenvalue weighted by Gasteiger charge is -2.35. The van der Waals surface area contributed by atoms with Crippen LogP contribution in [-0.2, 0) is 21.9 Å². The highest BCUT2D eigenvalue weighted by Crippen LogP contribution is 2.36. The number of anilines is 1. The Kier molecular flexibility index (Phi) is 4.72. The number of nitrogens with one attached hydrogen (secondary N) is 1. The molecule has 0 aliphatic heterocycles. The third kappa shape index (κ3) is 3.56. The van der Waals surface area contributed by atoms with Gasteiger partial charge in [0.05, 0.1) is 9.82 Å². The van der Waals surface area contributed by atoms with Crippen LogP contribution in [0.4, 0.5) is 11.4 Å². The first-order valence-corrected chi connectivity index (χ1v) is 10.1. The molecule has 0 aromatic heterocycles. The van der Waals surface area contributed by atoms with Crippen LogP contribution in [-0.4, -0.2) is 31.2 Å². The molecule has 0 amide bonds. The van der Waals surface area contributed by atoms with Crippen molar-refractivity contribution in [3.63, 3.8) is 0 Å². The highest BCUT2D eigenvalue weighted by Gasteiger charge is 2.34. The molecule has 7 nitrogen and oxygen atoms in total. The van der Waals surface area contributed by atoms with E-state index in [9.17, 15) is 23.6 Å². The third-order valence-corrected chi connectivity index (χ3v) is 5.83. The van der Waals surface area contributed by atoms with Gasteiger partial charge in [0.15, 0.2) is 9.84 Å². The molecule has 0 heterocycles. The number of aryl methyl sites for hydroxylation is 1. The minimum atomic E-state index is -3.54. The molecule has 2 N–H and O–H groups in total. The van der Waals surface area contributed by atoms with Crippen molar-refractivity contribution in [3.8, 4) is 0 Å². The number of rotatable bonds is 5. The Hall–Kier alpha value is -2.45. The topological polar surface area (TPSA) is 110 Å². The van der Waals surface area contributed by atoms with Crippen molar-refractivity contribution >= 4 is 21.2 Å². The fourth-order valence-corrected chi connectivity index (χ4v) is 4.01. The van der Waals surface area contributed by atoms with E-state index in [0.717, 1.165) is 36.3 Å². The van der Waals surface area contributed by atoms with Crippen molar-refractivity contribution in [3.05, 3.63) is 63.7 Å². The second kappa shape index (κ2) is 6.69. The van der Waals surface area contributed by atoms with E-state index in [-0.39, 0.29) is 22.8 Å². The van der Waals surface area contributed by atoms with Crippen molar-refractivity contribution < 1.29 is 18.4 Å². The monoisotopic (exact) mass is 376 g/mol. The summed E-state index contributed by atoms with van der Waals surface area (Å²) in [5.41, 5.74) is 0.622. The highest BCUT2D eigenvalue weighted by molar-refractivity contribution is 7.90. The molecule has 1 aliphatic rings. The average molecular weight is 376 g/mol. The number of fused-ring (bicyclic) bond motifs is 1. The molecule has 2 aromatic rings. The van der Waals surface area contributed by atoms with Gasteiger partial charge >= 0.3 is 0 Å². The van der Waals surface area contributed by atoms with E-state index in [1.807, 2.05) is 24.3 Å². The molecule has 0 saturated heterocycles. The summed E-state index contributed by atoms with van der Waals surface area (Å²) in [7, 11) is -3.54. The lowest BCUT2D eigenvalue weighted by Crippen LogP contribution is -2.37. The Morgan fingerprint density at radius 2 is 2.00 bits per heavy atom. The molecular formula is C18H20N2O5S. The van der Waals surface area contributed by atoms with Crippen molar-refractivity contribution in [2.45, 2.75) is 29.8 Å². The molecule has 26 heavy (non-hydrogen) atoms. The first kappa shape index (κ1) is 18.3. The van der Waals surface area contributed by atoms with E-state index in [2.05, 4.69) is 5.32 Å². The van der Waals surface area contributed by atoms with Crippen LogP contribution < -0.4 is 5.32 Å². The molecule has 0 fully saturated rings. The maximum absolute atomic E-state index is 11.6. The Labute approximate surface area is 151 Å². The van der Waals surface area contributed by atoms with Crippen molar-refractivity contribution in [1.82, 2.24) is 0 Å². The largest absolute Gasteiger partial charge is 0.383 e. The number of hydrogen-bond donors (Lipinski definition) is 2. The number of benzene rings is 2. The van der Waals surface area contributed by atoms with Crippen LogP contribution in [0.15, 0.2) is 47.4 Å². The minimum absolute atomic E-state index is 0.100. The van der Waals surface area contributed by atoms with E-state index >= 15 is 0 Å². The Balaban J connectivity index is 1.90. The van der Waals surface area contributed by atoms with Crippen LogP contribution in [0.25, 0.3) is 0 Å². The van der Waals surface area contributed by atoms with Gasteiger partial charge in [0.2, 0.25) is 0 Å². The number of nitro benzene ring substituents is 1. The molecule has 3 rings (SSSR count). The van der Waals surface area contributed by atoms with Gasteiger partial charge < -0.3 is 10.4 Å². The van der Waals surface area contributed by atoms with Crippen LogP contribution in [0, 0.1) is 10.1 Å². The second-order valence-corrected chi connectivity index (χ2v) is 8.62. The summed E-state index contributed by atoms with van der Waals surface area (Å²) in [6, 6.07) is 11.4. The normalized spacial score (nSPS) is 19.6. The molecule has 1 unspecified atom stereocenters. The molecule has 1 atom stereocenters. The van der Waals surface area contributed by atoms with Gasteiger partial charge in [-0.05, 0) is 42.5 Å². The zero-order valence-corrected chi connectivity index (χ0v) is 15.1. The summed E-state index contributed by atoms with van der Waals surface area (Å²) in [4.78, 5) is 10.6. The number of aliphatic hydroxyl groups is 1. The molecule has 2 aromatic carbocycles. The van der Waals surface area contributed by atoms with Gasteiger partial charge in [-0.1, -0.05) is 24.3 Å². The fourth-order valence-electron chi connectivity index (χ4n) is 3.37. The molecule has 138 valence electrons. The number of nitrogens with zero attached hydrogens (tertiary/aromatic N) is 1. The maximum atomic E-state index is 11.6. The van der Waals surface area contributed by atoms with E-state index in [0.29, 0.717) is 6.42 Å². The SMILES string of the molecule is CS(=O)(=O)c1ccc(NCC2(O)CCCc3ccccc32)c([N+](=O)[O-])c1. The van der Waals surface area contributed by atoms with Crippen molar-refractivity contribution in [2.75, 3.05) is 18.1 Å². The molecule has 0 bridgehead atoms. The average Bonchev–Trinajstić information content (AvgIpc) is 2.59. The zero-order chi connectivity index (χ0) is 18.9. The Morgan fingerprint density at radius 1 is 1.27 bits per heavy atom. The van der Waals surface area contributed by atoms with E-state index < -0.39 is 20.4 Å². The molecular weight excluding hydrogens is 356 g/mol. The summed E-state index contributed by atoms with van der Waals surface area (Å²) in [6.45, 7) is 0.100. The number of hydrogen-bond acceptors (Lipinski definition) is 6. The minimum Gasteiger partial charge on any atom is -0.383 e. The van der Waals surface area contributed by atoms with Gasteiger partial charge in [0.25, 0.3) is 5.69 Å². The third-order valence-electron chi connectivity index (χ3n) is 4.72. The fraction of sp³-hybridized carbons (Fsp3) is 0.333. The summed E-state index contributed by atoms with van der Waals surface area (Å²) in [5, 5.41) is 25.3. The number of sulfone groups is 1. The van der Waals surface area contributed by atoms with E-state index in [1.54, 1.807) is 0 Å². The molecule has 0 spiro atoms. The number of nitro groups is 1. The lowest BCUT2D eigenvalue weighted by molar-refractivity contribution is -0.384. The van der Waals surface area contributed by atoms with Gasteiger partial charge in [-0.3, -0.25) is 10.1 Å². The van der Waals surface area contributed by atoms with Crippen molar-refractivity contribution in [1.29, 1.82) is 0 Å². The summed E-state index contributed by atoms with van der Waals surface area (Å²) in [6.07, 6.45) is 3.26. The molecule has 1 aliphatic carbocycles. The first-order valence-electron chi connectivity index (χ1n) is 8.24. The van der Waals surface area contributed by atoms with Gasteiger partial charge in [0.1, 0.15) is 11.3 Å². The Morgan fingerprint density at radius 3 is 2.69 bits per heavy atom. The van der Waals surface area contributed by atoms with Crippen LogP contribution in [0.1, 0.15) is 24.0 Å². The van der Waals surface area contributed by atoms with E-state index in [1.165, 1.54) is 12.1 Å². The van der Waals surface area contributed by atoms with Gasteiger partial charge in [-0.15, -0.1) is 0 Å². The molecule has 8 heteroatoms. The van der Waals surface area contributed by atoms with Gasteiger partial charge in [0, 0.05) is 18.9 Å². The van der Waals surface area contributed by atoms with Crippen LogP contribution >= 0.6 is 0 Å². The molecule has 0 radical (unpaired) electrons.